The molecule has 1 aliphatic carbocycles. The van der Waals surface area contributed by atoms with Gasteiger partial charge < -0.3 is 14.9 Å². The SMILES string of the molecule is C1=CCC/C=C\CC1.CCC.Cc1nc2c3cccnc3c3ncccc3c2nc1C.[CH3-].[CH3-].[Rh+2]. The fourth-order valence-electron chi connectivity index (χ4n) is 3.41. The van der Waals surface area contributed by atoms with Gasteiger partial charge in [0.15, 0.2) is 0 Å². The summed E-state index contributed by atoms with van der Waals surface area (Å²) >= 11 is 0. The van der Waals surface area contributed by atoms with Crippen LogP contribution in [0.4, 0.5) is 0 Å². The van der Waals surface area contributed by atoms with E-state index in [0.717, 1.165) is 44.2 Å². The van der Waals surface area contributed by atoms with E-state index in [4.69, 9.17) is 9.97 Å². The first-order valence-electron chi connectivity index (χ1n) is 11.2. The minimum atomic E-state index is 0. The molecule has 0 saturated carbocycles. The Bertz CT molecular complexity index is 1110. The number of pyridine rings is 2. The number of fused-ring (bicyclic) bond motifs is 6. The van der Waals surface area contributed by atoms with Crippen LogP contribution in [-0.2, 0) is 19.5 Å². The molecule has 0 saturated heterocycles. The summed E-state index contributed by atoms with van der Waals surface area (Å²) in [6.07, 6.45) is 18.8. The number of hydrogen-bond donors (Lipinski definition) is 0. The molecule has 0 fully saturated rings. The molecular weight excluding hydrogens is 507 g/mol. The van der Waals surface area contributed by atoms with Gasteiger partial charge in [-0.1, -0.05) is 44.6 Å². The summed E-state index contributed by atoms with van der Waals surface area (Å²) in [5.41, 5.74) is 5.46. The van der Waals surface area contributed by atoms with Crippen LogP contribution < -0.4 is 0 Å². The van der Waals surface area contributed by atoms with Gasteiger partial charge in [0, 0.05) is 23.2 Å². The van der Waals surface area contributed by atoms with Crippen molar-refractivity contribution >= 4 is 32.8 Å². The van der Waals surface area contributed by atoms with E-state index in [-0.39, 0.29) is 34.3 Å². The molecule has 4 aromatic rings. The zero-order valence-corrected chi connectivity index (χ0v) is 23.1. The van der Waals surface area contributed by atoms with Gasteiger partial charge in [-0.15, -0.1) is 0 Å². The molecule has 0 N–H and O–H groups in total. The molecule has 5 rings (SSSR count). The molecule has 3 heterocycles. The number of hydrogen-bond acceptors (Lipinski definition) is 4. The van der Waals surface area contributed by atoms with Crippen LogP contribution in [-0.4, -0.2) is 19.9 Å². The van der Waals surface area contributed by atoms with Crippen LogP contribution in [0.2, 0.25) is 0 Å². The van der Waals surface area contributed by atoms with Crippen LogP contribution in [0.3, 0.4) is 0 Å². The van der Waals surface area contributed by atoms with E-state index in [1.807, 2.05) is 38.1 Å². The molecule has 0 bridgehead atoms. The Kier molecular flexibility index (Phi) is 15.0. The molecule has 5 heteroatoms. The molecule has 3 aromatic heterocycles. The minimum Gasteiger partial charge on any atom is -0.358 e. The Labute approximate surface area is 218 Å². The van der Waals surface area contributed by atoms with Crippen molar-refractivity contribution in [2.24, 2.45) is 0 Å². The number of benzene rings is 1. The van der Waals surface area contributed by atoms with Gasteiger partial charge in [-0.2, -0.15) is 0 Å². The Balaban J connectivity index is 0.000000665. The van der Waals surface area contributed by atoms with Gasteiger partial charge in [0.1, 0.15) is 0 Å². The third-order valence-electron chi connectivity index (χ3n) is 4.99. The molecule has 1 aromatic carbocycles. The quantitative estimate of drug-likeness (QED) is 0.0965. The Hall–Kier alpha value is -2.52. The third-order valence-corrected chi connectivity index (χ3v) is 4.99. The molecule has 1 radical (unpaired) electrons. The Morgan fingerprint density at radius 3 is 1.26 bits per heavy atom. The maximum atomic E-state index is 4.72. The molecule has 0 unspecified atom stereocenters. The normalized spacial score (nSPS) is 12.9. The van der Waals surface area contributed by atoms with Gasteiger partial charge in [-0.05, 0) is 63.8 Å². The van der Waals surface area contributed by atoms with Crippen molar-refractivity contribution in [3.63, 3.8) is 0 Å². The van der Waals surface area contributed by atoms with Crippen molar-refractivity contribution in [1.82, 2.24) is 19.9 Å². The van der Waals surface area contributed by atoms with Gasteiger partial charge in [-0.3, -0.25) is 9.97 Å². The largest absolute Gasteiger partial charge is 2.00 e. The van der Waals surface area contributed by atoms with Gasteiger partial charge in [0.05, 0.1) is 33.5 Å². The van der Waals surface area contributed by atoms with Crippen LogP contribution >= 0.6 is 0 Å². The standard InChI is InChI=1S/C16H12N4.C8H12.C3H8.2CH3.Rh/c1-9-10(2)20-16-12-6-4-8-18-14(12)13-11(15(16)19-9)5-3-7-17-13;1-2-4-6-8-7-5-3-1;1-3-2;;;/h3-8H,1-2H3;1-2,7-8H,3-6H2;3H2,1-2H3;2*1H3;/q;;;2*-1;+2/b;2-1-,8-7?;;;;. The summed E-state index contributed by atoms with van der Waals surface area (Å²) in [5.74, 6) is 0. The van der Waals surface area contributed by atoms with Crippen molar-refractivity contribution in [3.05, 3.63) is 87.2 Å². The second-order valence-corrected chi connectivity index (χ2v) is 7.70. The van der Waals surface area contributed by atoms with Crippen LogP contribution in [0.1, 0.15) is 57.3 Å². The zero-order valence-electron chi connectivity index (χ0n) is 21.4. The van der Waals surface area contributed by atoms with E-state index >= 15 is 0 Å². The molecule has 183 valence electrons. The zero-order chi connectivity index (χ0) is 22.1. The van der Waals surface area contributed by atoms with Crippen molar-refractivity contribution in [1.29, 1.82) is 0 Å². The van der Waals surface area contributed by atoms with E-state index in [9.17, 15) is 0 Å². The summed E-state index contributed by atoms with van der Waals surface area (Å²) in [5, 5.41) is 2.01. The molecule has 0 atom stereocenters. The van der Waals surface area contributed by atoms with Gasteiger partial charge in [0.25, 0.3) is 0 Å². The fourth-order valence-corrected chi connectivity index (χ4v) is 3.41. The van der Waals surface area contributed by atoms with Crippen LogP contribution in [0.5, 0.6) is 0 Å². The van der Waals surface area contributed by atoms with E-state index < -0.39 is 0 Å². The van der Waals surface area contributed by atoms with Crippen molar-refractivity contribution in [2.75, 3.05) is 0 Å². The summed E-state index contributed by atoms with van der Waals surface area (Å²) in [4.78, 5) is 18.4. The van der Waals surface area contributed by atoms with E-state index in [1.54, 1.807) is 12.4 Å². The predicted octanol–water partition coefficient (Wildman–Crippen LogP) is 8.33. The first-order valence-corrected chi connectivity index (χ1v) is 11.2. The number of rotatable bonds is 0. The monoisotopic (exact) mass is 545 g/mol. The number of aromatic nitrogens is 4. The maximum absolute atomic E-state index is 4.72. The van der Waals surface area contributed by atoms with Crippen molar-refractivity contribution in [2.45, 2.75) is 59.8 Å². The maximum Gasteiger partial charge on any atom is 2.00 e. The molecule has 0 aliphatic heterocycles. The smallest absolute Gasteiger partial charge is 0.358 e. The molecule has 34 heavy (non-hydrogen) atoms. The molecule has 0 spiro atoms. The van der Waals surface area contributed by atoms with E-state index in [0.29, 0.717) is 0 Å². The molecule has 1 aliphatic rings. The number of aryl methyl sites for hydroxylation is 2. The average molecular weight is 546 g/mol. The summed E-state index contributed by atoms with van der Waals surface area (Å²) < 4.78 is 0. The molecular formula is C29H38N4Rh. The van der Waals surface area contributed by atoms with Crippen LogP contribution in [0, 0.1) is 28.7 Å². The molecule has 0 amide bonds. The van der Waals surface area contributed by atoms with Gasteiger partial charge in [0.2, 0.25) is 0 Å². The first kappa shape index (κ1) is 31.5. The molecule has 4 nitrogen and oxygen atoms in total. The van der Waals surface area contributed by atoms with E-state index in [1.165, 1.54) is 32.1 Å². The van der Waals surface area contributed by atoms with Gasteiger partial charge >= 0.3 is 19.5 Å². The fraction of sp³-hybridized carbons (Fsp3) is 0.310. The Morgan fingerprint density at radius 2 is 0.941 bits per heavy atom. The Morgan fingerprint density at radius 1 is 0.618 bits per heavy atom. The predicted molar refractivity (Wildman–Crippen MR) is 145 cm³/mol. The summed E-state index contributed by atoms with van der Waals surface area (Å²) in [7, 11) is 0. The summed E-state index contributed by atoms with van der Waals surface area (Å²) in [6.45, 7) is 8.22. The average Bonchev–Trinajstić information content (AvgIpc) is 2.76. The second kappa shape index (κ2) is 16.2. The first-order chi connectivity index (χ1) is 15.2. The third kappa shape index (κ3) is 7.77. The topological polar surface area (TPSA) is 51.6 Å². The summed E-state index contributed by atoms with van der Waals surface area (Å²) in [6, 6.07) is 7.91. The van der Waals surface area contributed by atoms with Crippen molar-refractivity contribution < 1.29 is 19.5 Å². The van der Waals surface area contributed by atoms with Crippen molar-refractivity contribution in [3.8, 4) is 0 Å². The number of nitrogens with zero attached hydrogens (tertiary/aromatic N) is 4. The van der Waals surface area contributed by atoms with Crippen LogP contribution in [0.25, 0.3) is 32.8 Å². The van der Waals surface area contributed by atoms with E-state index in [2.05, 4.69) is 48.1 Å². The van der Waals surface area contributed by atoms with Gasteiger partial charge in [-0.25, -0.2) is 9.97 Å². The number of allylic oxidation sites excluding steroid dienone is 4. The minimum absolute atomic E-state index is 0. The second-order valence-electron chi connectivity index (χ2n) is 7.70. The van der Waals surface area contributed by atoms with Crippen LogP contribution in [0.15, 0.2) is 61.0 Å².